The van der Waals surface area contributed by atoms with Gasteiger partial charge in [0.05, 0.1) is 28.3 Å². The number of imidazole rings is 1. The molecule has 1 aliphatic carbocycles. The van der Waals surface area contributed by atoms with Gasteiger partial charge in [0.25, 0.3) is 5.56 Å². The van der Waals surface area contributed by atoms with Gasteiger partial charge in [-0.1, -0.05) is 11.6 Å². The van der Waals surface area contributed by atoms with Crippen LogP contribution in [0.15, 0.2) is 41.6 Å². The van der Waals surface area contributed by atoms with Crippen LogP contribution >= 0.6 is 11.6 Å². The maximum absolute atomic E-state index is 15.2. The van der Waals surface area contributed by atoms with E-state index in [-0.39, 0.29) is 22.5 Å². The van der Waals surface area contributed by atoms with E-state index in [1.54, 1.807) is 18.3 Å². The molecule has 1 N–H and O–H groups in total. The first-order valence-corrected chi connectivity index (χ1v) is 10.9. The number of aryl methyl sites for hydroxylation is 1. The van der Waals surface area contributed by atoms with Crippen molar-refractivity contribution in [1.29, 1.82) is 0 Å². The lowest BCUT2D eigenvalue weighted by Crippen LogP contribution is -2.43. The van der Waals surface area contributed by atoms with Gasteiger partial charge in [-0.15, -0.1) is 0 Å². The third-order valence-electron chi connectivity index (χ3n) is 6.63. The van der Waals surface area contributed by atoms with E-state index in [1.807, 2.05) is 23.7 Å². The van der Waals surface area contributed by atoms with Gasteiger partial charge in [0.15, 0.2) is 5.65 Å². The van der Waals surface area contributed by atoms with E-state index >= 15 is 4.39 Å². The van der Waals surface area contributed by atoms with Crippen LogP contribution in [0.3, 0.4) is 0 Å². The molecule has 1 saturated carbocycles. The summed E-state index contributed by atoms with van der Waals surface area (Å²) in [5.41, 5.74) is 2.68. The van der Waals surface area contributed by atoms with Crippen LogP contribution in [0.1, 0.15) is 37.4 Å². The fraction of sp³-hybridized carbons (Fsp3) is 0.348. The molecular formula is C23H21ClFN5O. The van der Waals surface area contributed by atoms with E-state index in [4.69, 9.17) is 11.6 Å². The first-order valence-electron chi connectivity index (χ1n) is 10.5. The summed E-state index contributed by atoms with van der Waals surface area (Å²) in [5.74, 6) is -0.540. The number of hydrogen-bond acceptors (Lipinski definition) is 4. The van der Waals surface area contributed by atoms with Crippen LogP contribution in [0.4, 0.5) is 4.39 Å². The maximum atomic E-state index is 15.2. The van der Waals surface area contributed by atoms with Crippen molar-refractivity contribution in [2.75, 3.05) is 6.54 Å². The number of pyridine rings is 1. The monoisotopic (exact) mass is 437 g/mol. The largest absolute Gasteiger partial charge is 0.311 e. The molecule has 31 heavy (non-hydrogen) atoms. The number of halogens is 2. The molecule has 0 radical (unpaired) electrons. The van der Waals surface area contributed by atoms with Crippen LogP contribution in [-0.4, -0.2) is 31.2 Å². The Balaban J connectivity index is 1.45. The molecule has 2 fully saturated rings. The van der Waals surface area contributed by atoms with Crippen molar-refractivity contribution in [3.05, 3.63) is 63.7 Å². The zero-order valence-electron chi connectivity index (χ0n) is 17.0. The van der Waals surface area contributed by atoms with Crippen molar-refractivity contribution in [2.24, 2.45) is 0 Å². The van der Waals surface area contributed by atoms with Crippen molar-refractivity contribution in [1.82, 2.24) is 24.5 Å². The van der Waals surface area contributed by atoms with Gasteiger partial charge in [-0.3, -0.25) is 4.79 Å². The molecule has 8 heteroatoms. The number of fused-ring (bicyclic) bond motifs is 2. The van der Waals surface area contributed by atoms with E-state index in [1.165, 1.54) is 10.7 Å². The Kier molecular flexibility index (Phi) is 4.04. The predicted molar refractivity (Wildman–Crippen MR) is 118 cm³/mol. The number of nitrogens with zero attached hydrogens (tertiary/aromatic N) is 4. The van der Waals surface area contributed by atoms with Crippen LogP contribution in [-0.2, 0) is 0 Å². The minimum Gasteiger partial charge on any atom is -0.311 e. The molecule has 4 heterocycles. The van der Waals surface area contributed by atoms with Gasteiger partial charge in [0.1, 0.15) is 5.82 Å². The molecule has 2 aliphatic rings. The molecule has 1 aromatic carbocycles. The summed E-state index contributed by atoms with van der Waals surface area (Å²) in [7, 11) is 0. The van der Waals surface area contributed by atoms with Crippen LogP contribution < -0.4 is 10.9 Å². The summed E-state index contributed by atoms with van der Waals surface area (Å²) >= 11 is 6.40. The van der Waals surface area contributed by atoms with E-state index in [2.05, 4.69) is 15.4 Å². The highest BCUT2D eigenvalue weighted by atomic mass is 35.5. The summed E-state index contributed by atoms with van der Waals surface area (Å²) in [6, 6.07) is 4.97. The van der Waals surface area contributed by atoms with Crippen LogP contribution in [0.2, 0.25) is 5.02 Å². The zero-order valence-corrected chi connectivity index (χ0v) is 17.8. The van der Waals surface area contributed by atoms with E-state index in [9.17, 15) is 4.79 Å². The molecule has 1 aliphatic heterocycles. The van der Waals surface area contributed by atoms with E-state index in [0.29, 0.717) is 21.6 Å². The third-order valence-corrected chi connectivity index (χ3v) is 6.91. The van der Waals surface area contributed by atoms with Crippen molar-refractivity contribution < 1.29 is 4.39 Å². The molecule has 0 bridgehead atoms. The van der Waals surface area contributed by atoms with Crippen molar-refractivity contribution in [2.45, 2.75) is 44.2 Å². The molecule has 3 aromatic heterocycles. The number of rotatable bonds is 2. The molecule has 1 spiro atoms. The second-order valence-electron chi connectivity index (χ2n) is 8.86. The smallest absolute Gasteiger partial charge is 0.277 e. The zero-order chi connectivity index (χ0) is 21.3. The minimum absolute atomic E-state index is 0.00502. The first-order chi connectivity index (χ1) is 14.9. The van der Waals surface area contributed by atoms with Gasteiger partial charge in [0.2, 0.25) is 0 Å². The van der Waals surface area contributed by atoms with E-state index in [0.717, 1.165) is 43.5 Å². The molecule has 1 unspecified atom stereocenters. The van der Waals surface area contributed by atoms with Gasteiger partial charge >= 0.3 is 0 Å². The lowest BCUT2D eigenvalue weighted by Gasteiger charge is -2.30. The Morgan fingerprint density at radius 1 is 1.23 bits per heavy atom. The molecule has 1 atom stereocenters. The van der Waals surface area contributed by atoms with Gasteiger partial charge in [-0.25, -0.2) is 14.1 Å². The van der Waals surface area contributed by atoms with Crippen LogP contribution in [0.25, 0.3) is 27.5 Å². The quantitative estimate of drug-likeness (QED) is 0.508. The number of piperidine rings is 1. The average molecular weight is 438 g/mol. The van der Waals surface area contributed by atoms with Gasteiger partial charge < -0.3 is 9.72 Å². The summed E-state index contributed by atoms with van der Waals surface area (Å²) in [4.78, 5) is 17.6. The van der Waals surface area contributed by atoms with Gasteiger partial charge in [-0.05, 0) is 62.9 Å². The molecule has 4 aromatic rings. The normalized spacial score (nSPS) is 20.0. The molecule has 6 nitrogen and oxygen atoms in total. The molecular weight excluding hydrogens is 417 g/mol. The SMILES string of the molecule is Cc1cn2cc(-c3cc(F)c4c(=O)n(C5CCNC6(CC6)C5)ncc4c3)cc(Cl)c2n1. The summed E-state index contributed by atoms with van der Waals surface area (Å²) in [6.45, 7) is 2.75. The molecule has 6 rings (SSSR count). The van der Waals surface area contributed by atoms with Crippen molar-refractivity contribution in [3.63, 3.8) is 0 Å². The van der Waals surface area contributed by atoms with Crippen molar-refractivity contribution >= 4 is 28.0 Å². The third kappa shape index (κ3) is 3.06. The number of aromatic nitrogens is 4. The fourth-order valence-corrected chi connectivity index (χ4v) is 5.14. The summed E-state index contributed by atoms with van der Waals surface area (Å²) < 4.78 is 18.5. The van der Waals surface area contributed by atoms with Crippen LogP contribution in [0, 0.1) is 12.7 Å². The molecule has 0 amide bonds. The second kappa shape index (κ2) is 6.61. The predicted octanol–water partition coefficient (Wildman–Crippen LogP) is 4.27. The first kappa shape index (κ1) is 19.0. The Hall–Kier alpha value is -2.77. The Morgan fingerprint density at radius 3 is 2.87 bits per heavy atom. The second-order valence-corrected chi connectivity index (χ2v) is 9.27. The summed E-state index contributed by atoms with van der Waals surface area (Å²) in [5, 5.41) is 9.05. The Labute approximate surface area is 182 Å². The number of hydrogen-bond donors (Lipinski definition) is 1. The molecule has 158 valence electrons. The minimum atomic E-state index is -0.540. The van der Waals surface area contributed by atoms with Crippen LogP contribution in [0.5, 0.6) is 0 Å². The van der Waals surface area contributed by atoms with Crippen molar-refractivity contribution in [3.8, 4) is 11.1 Å². The Morgan fingerprint density at radius 2 is 2.06 bits per heavy atom. The maximum Gasteiger partial charge on any atom is 0.277 e. The summed E-state index contributed by atoms with van der Waals surface area (Å²) in [6.07, 6.45) is 9.29. The fourth-order valence-electron chi connectivity index (χ4n) is 4.88. The average Bonchev–Trinajstić information content (AvgIpc) is 3.35. The molecule has 1 saturated heterocycles. The highest BCUT2D eigenvalue weighted by Crippen LogP contribution is 2.45. The number of benzene rings is 1. The van der Waals surface area contributed by atoms with Gasteiger partial charge in [-0.2, -0.15) is 5.10 Å². The Bertz CT molecular complexity index is 1420. The highest BCUT2D eigenvalue weighted by Gasteiger charge is 2.46. The number of nitrogens with one attached hydrogen (secondary N) is 1. The standard InChI is InChI=1S/C23H21ClFN5O/c1-13-11-29-12-16(7-18(24)21(29)28-13)14-6-15-10-27-30(22(31)20(15)19(25)8-14)17-2-5-26-23(9-17)3-4-23/h6-8,10-12,17,26H,2-5,9H2,1H3. The van der Waals surface area contributed by atoms with Gasteiger partial charge in [0, 0.05) is 28.9 Å². The van der Waals surface area contributed by atoms with E-state index < -0.39 is 5.82 Å². The lowest BCUT2D eigenvalue weighted by molar-refractivity contribution is 0.264. The lowest BCUT2D eigenvalue weighted by atomic mass is 9.97. The highest BCUT2D eigenvalue weighted by molar-refractivity contribution is 6.33. The topological polar surface area (TPSA) is 64.2 Å².